The molecule has 0 N–H and O–H groups in total. The van der Waals surface area contributed by atoms with Crippen LogP contribution in [0.4, 0.5) is 0 Å². The molecule has 0 saturated carbocycles. The number of hydrogen-bond acceptors (Lipinski definition) is 3. The maximum atomic E-state index is 5.43. The van der Waals surface area contributed by atoms with Gasteiger partial charge >= 0.3 is 0 Å². The first-order valence-electron chi connectivity index (χ1n) is 7.16. The van der Waals surface area contributed by atoms with Crippen molar-refractivity contribution in [2.45, 2.75) is 40.7 Å². The molecule has 0 aliphatic rings. The van der Waals surface area contributed by atoms with E-state index in [0.29, 0.717) is 17.9 Å². The van der Waals surface area contributed by atoms with Gasteiger partial charge in [-0.1, -0.05) is 27.7 Å². The minimum atomic E-state index is 0.312. The maximum Gasteiger partial charge on any atom is 0.128 e. The van der Waals surface area contributed by atoms with Crippen molar-refractivity contribution < 1.29 is 9.47 Å². The summed E-state index contributed by atoms with van der Waals surface area (Å²) in [6, 6.07) is 4.28. The van der Waals surface area contributed by atoms with Gasteiger partial charge in [-0.15, -0.1) is 0 Å². The average molecular weight is 277 g/mol. The number of methoxy groups -OCH3 is 2. The predicted molar refractivity (Wildman–Crippen MR) is 85.3 cm³/mol. The van der Waals surface area contributed by atoms with Crippen molar-refractivity contribution in [3.05, 3.63) is 23.3 Å². The Balaban J connectivity index is 3.12. The van der Waals surface area contributed by atoms with E-state index in [2.05, 4.69) is 27.7 Å². The molecular weight excluding hydrogens is 250 g/mol. The molecule has 1 aromatic rings. The summed E-state index contributed by atoms with van der Waals surface area (Å²) in [5.74, 6) is 2.73. The van der Waals surface area contributed by atoms with Crippen LogP contribution >= 0.6 is 0 Å². The summed E-state index contributed by atoms with van der Waals surface area (Å²) < 4.78 is 10.8. The highest BCUT2D eigenvalue weighted by atomic mass is 16.5. The SMILES string of the molecule is COc1cc(C=NC(C(C)C)C(C)C)c(OC)cc1C. The van der Waals surface area contributed by atoms with Crippen LogP contribution in [0.5, 0.6) is 11.5 Å². The molecule has 0 aliphatic heterocycles. The second-order valence-corrected chi connectivity index (χ2v) is 5.82. The van der Waals surface area contributed by atoms with Crippen LogP contribution in [0.25, 0.3) is 0 Å². The summed E-state index contributed by atoms with van der Waals surface area (Å²) in [6.07, 6.45) is 1.91. The molecule has 0 heterocycles. The highest BCUT2D eigenvalue weighted by Gasteiger charge is 2.15. The molecule has 0 amide bonds. The first-order chi connectivity index (χ1) is 9.40. The van der Waals surface area contributed by atoms with Crippen molar-refractivity contribution in [2.75, 3.05) is 14.2 Å². The van der Waals surface area contributed by atoms with Crippen molar-refractivity contribution >= 4 is 6.21 Å². The smallest absolute Gasteiger partial charge is 0.128 e. The van der Waals surface area contributed by atoms with Crippen LogP contribution in [0, 0.1) is 18.8 Å². The Labute approximate surface area is 123 Å². The molecule has 1 aromatic carbocycles. The van der Waals surface area contributed by atoms with Crippen LogP contribution in [0.3, 0.4) is 0 Å². The van der Waals surface area contributed by atoms with Gasteiger partial charge in [0.1, 0.15) is 11.5 Å². The molecule has 0 radical (unpaired) electrons. The number of hydrogen-bond donors (Lipinski definition) is 0. The maximum absolute atomic E-state index is 5.43. The zero-order chi connectivity index (χ0) is 15.3. The molecule has 0 spiro atoms. The fourth-order valence-electron chi connectivity index (χ4n) is 2.46. The summed E-state index contributed by atoms with van der Waals surface area (Å²) in [6.45, 7) is 10.8. The molecule has 112 valence electrons. The van der Waals surface area contributed by atoms with Gasteiger partial charge in [-0.2, -0.15) is 0 Å². The molecule has 20 heavy (non-hydrogen) atoms. The third-order valence-electron chi connectivity index (χ3n) is 3.50. The van der Waals surface area contributed by atoms with E-state index < -0.39 is 0 Å². The highest BCUT2D eigenvalue weighted by Crippen LogP contribution is 2.27. The normalized spacial score (nSPS) is 11.9. The lowest BCUT2D eigenvalue weighted by Crippen LogP contribution is -2.20. The van der Waals surface area contributed by atoms with E-state index in [4.69, 9.17) is 14.5 Å². The van der Waals surface area contributed by atoms with Crippen LogP contribution in [-0.4, -0.2) is 26.5 Å². The fraction of sp³-hybridized carbons (Fsp3) is 0.588. The van der Waals surface area contributed by atoms with E-state index in [9.17, 15) is 0 Å². The fourth-order valence-corrected chi connectivity index (χ4v) is 2.46. The molecule has 1 rings (SSSR count). The number of aryl methyl sites for hydroxylation is 1. The van der Waals surface area contributed by atoms with Crippen molar-refractivity contribution in [3.63, 3.8) is 0 Å². The molecule has 3 heteroatoms. The molecule has 0 saturated heterocycles. The molecule has 0 aromatic heterocycles. The molecule has 0 atom stereocenters. The number of nitrogens with zero attached hydrogens (tertiary/aromatic N) is 1. The zero-order valence-corrected chi connectivity index (χ0v) is 13.7. The van der Waals surface area contributed by atoms with Gasteiger partial charge in [0.05, 0.1) is 20.3 Å². The zero-order valence-electron chi connectivity index (χ0n) is 13.7. The van der Waals surface area contributed by atoms with Gasteiger partial charge in [-0.25, -0.2) is 0 Å². The van der Waals surface area contributed by atoms with Crippen molar-refractivity contribution in [3.8, 4) is 11.5 Å². The van der Waals surface area contributed by atoms with Gasteiger partial charge in [0, 0.05) is 11.8 Å². The Kier molecular flexibility index (Phi) is 6.05. The van der Waals surface area contributed by atoms with E-state index in [1.54, 1.807) is 14.2 Å². The third-order valence-corrected chi connectivity index (χ3v) is 3.50. The number of aliphatic imine (C=N–C) groups is 1. The van der Waals surface area contributed by atoms with Crippen LogP contribution < -0.4 is 9.47 Å². The second-order valence-electron chi connectivity index (χ2n) is 5.82. The highest BCUT2D eigenvalue weighted by molar-refractivity contribution is 5.84. The first kappa shape index (κ1) is 16.5. The van der Waals surface area contributed by atoms with E-state index in [1.165, 1.54) is 0 Å². The second kappa shape index (κ2) is 7.32. The third kappa shape index (κ3) is 3.99. The predicted octanol–water partition coefficient (Wildman–Crippen LogP) is 4.11. The largest absolute Gasteiger partial charge is 0.496 e. The minimum Gasteiger partial charge on any atom is -0.496 e. The lowest BCUT2D eigenvalue weighted by molar-refractivity contribution is 0.389. The van der Waals surface area contributed by atoms with Crippen molar-refractivity contribution in [1.29, 1.82) is 0 Å². The van der Waals surface area contributed by atoms with Gasteiger partial charge in [-0.05, 0) is 36.5 Å². The summed E-state index contributed by atoms with van der Waals surface area (Å²) in [5, 5.41) is 0. The lowest BCUT2D eigenvalue weighted by atomic mass is 9.94. The summed E-state index contributed by atoms with van der Waals surface area (Å²) in [7, 11) is 3.36. The van der Waals surface area contributed by atoms with Gasteiger partial charge in [-0.3, -0.25) is 4.99 Å². The van der Waals surface area contributed by atoms with Crippen molar-refractivity contribution in [2.24, 2.45) is 16.8 Å². The van der Waals surface area contributed by atoms with Crippen LogP contribution in [-0.2, 0) is 0 Å². The molecule has 0 fully saturated rings. The van der Waals surface area contributed by atoms with Crippen LogP contribution in [0.2, 0.25) is 0 Å². The summed E-state index contributed by atoms with van der Waals surface area (Å²) in [5.41, 5.74) is 2.02. The number of ether oxygens (including phenoxy) is 2. The summed E-state index contributed by atoms with van der Waals surface area (Å²) in [4.78, 5) is 4.75. The molecule has 0 bridgehead atoms. The summed E-state index contributed by atoms with van der Waals surface area (Å²) >= 11 is 0. The standard InChI is InChI=1S/C17H27NO2/c1-11(2)17(12(3)4)18-10-14-9-15(19-6)13(5)8-16(14)20-7/h8-12,17H,1-7H3. The molecule has 0 unspecified atom stereocenters. The van der Waals surface area contributed by atoms with Gasteiger partial charge in [0.25, 0.3) is 0 Å². The van der Waals surface area contributed by atoms with E-state index in [-0.39, 0.29) is 0 Å². The van der Waals surface area contributed by atoms with E-state index in [1.807, 2.05) is 25.3 Å². The monoisotopic (exact) mass is 277 g/mol. The van der Waals surface area contributed by atoms with Crippen LogP contribution in [0.15, 0.2) is 17.1 Å². The number of benzene rings is 1. The Morgan fingerprint density at radius 2 is 1.50 bits per heavy atom. The first-order valence-corrected chi connectivity index (χ1v) is 7.16. The number of rotatable bonds is 6. The van der Waals surface area contributed by atoms with Crippen molar-refractivity contribution in [1.82, 2.24) is 0 Å². The Hall–Kier alpha value is -1.51. The Morgan fingerprint density at radius 3 is 1.95 bits per heavy atom. The Morgan fingerprint density at radius 1 is 0.950 bits per heavy atom. The molecular formula is C17H27NO2. The van der Waals surface area contributed by atoms with Gasteiger partial charge < -0.3 is 9.47 Å². The van der Waals surface area contributed by atoms with E-state index in [0.717, 1.165) is 22.6 Å². The topological polar surface area (TPSA) is 30.8 Å². The van der Waals surface area contributed by atoms with Gasteiger partial charge in [0.15, 0.2) is 0 Å². The quantitative estimate of drug-likeness (QED) is 0.733. The minimum absolute atomic E-state index is 0.312. The molecule has 3 nitrogen and oxygen atoms in total. The lowest BCUT2D eigenvalue weighted by Gasteiger charge is -2.20. The van der Waals surface area contributed by atoms with Gasteiger partial charge in [0.2, 0.25) is 0 Å². The Bertz CT molecular complexity index is 456. The molecule has 0 aliphatic carbocycles. The van der Waals surface area contributed by atoms with Crippen LogP contribution in [0.1, 0.15) is 38.8 Å². The average Bonchev–Trinajstić information content (AvgIpc) is 2.39. The van der Waals surface area contributed by atoms with E-state index >= 15 is 0 Å².